The molecule has 2 fully saturated rings. The minimum absolute atomic E-state index is 0.0869. The molecule has 140 valence electrons. The molecule has 1 unspecified atom stereocenters. The fraction of sp³-hybridized carbons (Fsp3) is 0.579. The Bertz CT molecular complexity index is 715. The van der Waals surface area contributed by atoms with Crippen molar-refractivity contribution in [2.75, 3.05) is 13.1 Å². The third-order valence-electron chi connectivity index (χ3n) is 5.49. The molecule has 2 N–H and O–H groups in total. The van der Waals surface area contributed by atoms with Gasteiger partial charge in [0.1, 0.15) is 5.75 Å². The highest BCUT2D eigenvalue weighted by Crippen LogP contribution is 2.34. The molecule has 1 heterocycles. The van der Waals surface area contributed by atoms with E-state index < -0.39 is 12.1 Å². The molecule has 0 radical (unpaired) electrons. The van der Waals surface area contributed by atoms with E-state index in [-0.39, 0.29) is 24.5 Å². The second-order valence-corrected chi connectivity index (χ2v) is 8.10. The summed E-state index contributed by atoms with van der Waals surface area (Å²) in [4.78, 5) is 25.6. The molecular formula is C19H23ClN2O4. The van der Waals surface area contributed by atoms with Gasteiger partial charge in [-0.1, -0.05) is 11.6 Å². The lowest BCUT2D eigenvalue weighted by Crippen LogP contribution is -2.56. The molecule has 6 nitrogen and oxygen atoms in total. The average molecular weight is 379 g/mol. The molecule has 3 aliphatic rings. The number of carboxylic acids is 1. The normalized spacial score (nSPS) is 26.8. The van der Waals surface area contributed by atoms with Crippen molar-refractivity contribution < 1.29 is 19.4 Å². The van der Waals surface area contributed by atoms with Crippen molar-refractivity contribution in [3.05, 3.63) is 28.8 Å². The van der Waals surface area contributed by atoms with Crippen LogP contribution in [0.5, 0.6) is 5.75 Å². The molecule has 0 saturated heterocycles. The number of carbonyl (C=O) groups is 2. The van der Waals surface area contributed by atoms with Gasteiger partial charge in [-0.2, -0.15) is 0 Å². The Morgan fingerprint density at radius 1 is 1.31 bits per heavy atom. The van der Waals surface area contributed by atoms with Crippen molar-refractivity contribution in [2.24, 2.45) is 5.92 Å². The van der Waals surface area contributed by atoms with Crippen molar-refractivity contribution in [3.63, 3.8) is 0 Å². The van der Waals surface area contributed by atoms with E-state index in [4.69, 9.17) is 21.4 Å². The number of hydrogen-bond acceptors (Lipinski definition) is 4. The maximum Gasteiger partial charge on any atom is 0.317 e. The maximum absolute atomic E-state index is 12.5. The minimum atomic E-state index is -0.783. The number of benzene rings is 1. The Labute approximate surface area is 157 Å². The smallest absolute Gasteiger partial charge is 0.317 e. The highest BCUT2D eigenvalue weighted by Gasteiger charge is 2.39. The van der Waals surface area contributed by atoms with Gasteiger partial charge < -0.3 is 15.2 Å². The first-order valence-corrected chi connectivity index (χ1v) is 9.57. The lowest BCUT2D eigenvalue weighted by atomic mass is 9.85. The Balaban J connectivity index is 1.26. The minimum Gasteiger partial charge on any atom is -0.480 e. The van der Waals surface area contributed by atoms with Gasteiger partial charge in [-0.05, 0) is 55.4 Å². The first-order valence-electron chi connectivity index (χ1n) is 9.19. The van der Waals surface area contributed by atoms with Crippen LogP contribution in [0.25, 0.3) is 0 Å². The van der Waals surface area contributed by atoms with Crippen LogP contribution < -0.4 is 10.1 Å². The summed E-state index contributed by atoms with van der Waals surface area (Å²) in [7, 11) is 0. The lowest BCUT2D eigenvalue weighted by Gasteiger charge is -2.43. The zero-order chi connectivity index (χ0) is 18.3. The summed E-state index contributed by atoms with van der Waals surface area (Å²) >= 11 is 5.99. The fourth-order valence-electron chi connectivity index (χ4n) is 3.81. The molecule has 1 aliphatic heterocycles. The van der Waals surface area contributed by atoms with Crippen LogP contribution in [-0.2, 0) is 16.0 Å². The second-order valence-electron chi connectivity index (χ2n) is 7.66. The molecule has 0 bridgehead atoms. The van der Waals surface area contributed by atoms with Crippen molar-refractivity contribution >= 4 is 23.5 Å². The van der Waals surface area contributed by atoms with Crippen molar-refractivity contribution in [1.29, 1.82) is 0 Å². The molecule has 1 aromatic carbocycles. The standard InChI is InChI=1S/C19H23ClN2O4/c20-13-3-4-16-12(5-13)6-17(26-16)19(25)21-14-7-15(8-14)22(10-18(23)24)9-11-1-2-11/h3-5,11,14-15,17H,1-2,6-10H2,(H,21,25)(H,23,24). The number of carboxylic acid groups (broad SMARTS) is 1. The summed E-state index contributed by atoms with van der Waals surface area (Å²) in [6.07, 6.45) is 4.03. The first kappa shape index (κ1) is 17.6. The van der Waals surface area contributed by atoms with Crippen LogP contribution in [0, 0.1) is 5.92 Å². The number of aliphatic carboxylic acids is 1. The number of nitrogens with one attached hydrogen (secondary N) is 1. The largest absolute Gasteiger partial charge is 0.480 e. The third kappa shape index (κ3) is 3.96. The first-order chi connectivity index (χ1) is 12.5. The summed E-state index contributed by atoms with van der Waals surface area (Å²) in [5.74, 6) is 0.486. The number of amides is 1. The number of nitrogens with zero attached hydrogens (tertiary/aromatic N) is 1. The van der Waals surface area contributed by atoms with Gasteiger partial charge in [0, 0.05) is 30.1 Å². The van der Waals surface area contributed by atoms with E-state index in [1.165, 1.54) is 12.8 Å². The number of fused-ring (bicyclic) bond motifs is 1. The highest BCUT2D eigenvalue weighted by molar-refractivity contribution is 6.30. The van der Waals surface area contributed by atoms with E-state index >= 15 is 0 Å². The maximum atomic E-state index is 12.5. The van der Waals surface area contributed by atoms with Gasteiger partial charge in [-0.3, -0.25) is 14.5 Å². The Morgan fingerprint density at radius 3 is 2.77 bits per heavy atom. The summed E-state index contributed by atoms with van der Waals surface area (Å²) in [5.41, 5.74) is 0.959. The van der Waals surface area contributed by atoms with Gasteiger partial charge >= 0.3 is 5.97 Å². The number of halogens is 1. The molecule has 0 spiro atoms. The molecule has 1 aromatic rings. The van der Waals surface area contributed by atoms with E-state index in [0.29, 0.717) is 17.4 Å². The topological polar surface area (TPSA) is 78.9 Å². The molecule has 7 heteroatoms. The van der Waals surface area contributed by atoms with E-state index in [1.54, 1.807) is 12.1 Å². The van der Waals surface area contributed by atoms with Gasteiger partial charge in [0.25, 0.3) is 5.91 Å². The fourth-order valence-corrected chi connectivity index (χ4v) is 4.00. The van der Waals surface area contributed by atoms with Gasteiger partial charge in [0.05, 0.1) is 6.54 Å². The summed E-state index contributed by atoms with van der Waals surface area (Å²) in [5, 5.41) is 12.8. The van der Waals surface area contributed by atoms with Crippen LogP contribution in [0.2, 0.25) is 5.02 Å². The zero-order valence-corrected chi connectivity index (χ0v) is 15.2. The predicted molar refractivity (Wildman–Crippen MR) is 96.5 cm³/mol. The molecule has 1 atom stereocenters. The molecule has 0 aromatic heterocycles. The van der Waals surface area contributed by atoms with Crippen molar-refractivity contribution in [1.82, 2.24) is 10.2 Å². The van der Waals surface area contributed by atoms with Gasteiger partial charge in [-0.15, -0.1) is 0 Å². The molecule has 2 aliphatic carbocycles. The number of carbonyl (C=O) groups excluding carboxylic acids is 1. The highest BCUT2D eigenvalue weighted by atomic mass is 35.5. The Hall–Kier alpha value is -1.79. The van der Waals surface area contributed by atoms with E-state index in [2.05, 4.69) is 10.2 Å². The van der Waals surface area contributed by atoms with E-state index in [1.807, 2.05) is 6.07 Å². The second kappa shape index (κ2) is 7.08. The summed E-state index contributed by atoms with van der Waals surface area (Å²) in [6, 6.07) is 5.74. The van der Waals surface area contributed by atoms with Crippen LogP contribution in [0.15, 0.2) is 18.2 Å². The summed E-state index contributed by atoms with van der Waals surface area (Å²) < 4.78 is 5.72. The SMILES string of the molecule is O=C(O)CN(CC1CC1)C1CC(NC(=O)C2Cc3cc(Cl)ccc3O2)C1. The van der Waals surface area contributed by atoms with Crippen LogP contribution in [0.3, 0.4) is 0 Å². The van der Waals surface area contributed by atoms with E-state index in [9.17, 15) is 9.59 Å². The van der Waals surface area contributed by atoms with Gasteiger partial charge in [0.15, 0.2) is 6.10 Å². The zero-order valence-electron chi connectivity index (χ0n) is 14.5. The van der Waals surface area contributed by atoms with Crippen LogP contribution in [-0.4, -0.2) is 53.2 Å². The predicted octanol–water partition coefficient (Wildman–Crippen LogP) is 2.09. The van der Waals surface area contributed by atoms with E-state index in [0.717, 1.165) is 30.7 Å². The van der Waals surface area contributed by atoms with Gasteiger partial charge in [0.2, 0.25) is 0 Å². The summed E-state index contributed by atoms with van der Waals surface area (Å²) in [6.45, 7) is 0.947. The average Bonchev–Trinajstić information content (AvgIpc) is 3.25. The lowest BCUT2D eigenvalue weighted by molar-refractivity contribution is -0.140. The number of rotatable bonds is 7. The van der Waals surface area contributed by atoms with Crippen LogP contribution in [0.1, 0.15) is 31.2 Å². The number of hydrogen-bond donors (Lipinski definition) is 2. The van der Waals surface area contributed by atoms with Crippen LogP contribution in [0.4, 0.5) is 0 Å². The van der Waals surface area contributed by atoms with Crippen molar-refractivity contribution in [2.45, 2.75) is 50.3 Å². The number of ether oxygens (including phenoxy) is 1. The molecule has 2 saturated carbocycles. The molecule has 1 amide bonds. The molecule has 4 rings (SSSR count). The van der Waals surface area contributed by atoms with Crippen LogP contribution >= 0.6 is 11.6 Å². The van der Waals surface area contributed by atoms with Crippen molar-refractivity contribution in [3.8, 4) is 5.75 Å². The molecular weight excluding hydrogens is 356 g/mol. The quantitative estimate of drug-likeness (QED) is 0.759. The molecule has 26 heavy (non-hydrogen) atoms. The Morgan fingerprint density at radius 2 is 2.08 bits per heavy atom. The monoisotopic (exact) mass is 378 g/mol. The Kier molecular flexibility index (Phi) is 4.80. The third-order valence-corrected chi connectivity index (χ3v) is 5.73. The van der Waals surface area contributed by atoms with Gasteiger partial charge in [-0.25, -0.2) is 0 Å².